The van der Waals surface area contributed by atoms with Crippen molar-refractivity contribution in [3.05, 3.63) is 71.8 Å². The van der Waals surface area contributed by atoms with Crippen molar-refractivity contribution in [1.29, 1.82) is 0 Å². The number of esters is 1. The second-order valence-corrected chi connectivity index (χ2v) is 5.75. The van der Waals surface area contributed by atoms with Gasteiger partial charge < -0.3 is 14.8 Å². The highest BCUT2D eigenvalue weighted by molar-refractivity contribution is 5.81. The molecule has 1 N–H and O–H groups in total. The summed E-state index contributed by atoms with van der Waals surface area (Å²) < 4.78 is 23.1. The predicted octanol–water partition coefficient (Wildman–Crippen LogP) is 3.30. The Labute approximate surface area is 156 Å². The Morgan fingerprint density at radius 2 is 1.37 bits per heavy atom. The third-order valence-electron chi connectivity index (χ3n) is 3.66. The maximum Gasteiger partial charge on any atom is 0.408 e. The van der Waals surface area contributed by atoms with Gasteiger partial charge >= 0.3 is 18.1 Å². The van der Waals surface area contributed by atoms with E-state index < -0.39 is 24.1 Å². The predicted molar refractivity (Wildman–Crippen MR) is 95.1 cm³/mol. The number of amides is 1. The lowest BCUT2D eigenvalue weighted by Crippen LogP contribution is -2.40. The molecule has 0 aliphatic heterocycles. The first-order chi connectivity index (χ1) is 13.0. The first kappa shape index (κ1) is 20.1. The van der Waals surface area contributed by atoms with E-state index in [9.17, 15) is 18.8 Å². The Balaban J connectivity index is 1.73. The molecule has 0 fully saturated rings. The van der Waals surface area contributed by atoms with Crippen LogP contribution in [0.3, 0.4) is 0 Å². The lowest BCUT2D eigenvalue weighted by Gasteiger charge is -2.14. The van der Waals surface area contributed by atoms with Crippen LogP contribution in [-0.2, 0) is 32.3 Å². The van der Waals surface area contributed by atoms with E-state index in [2.05, 4.69) is 5.32 Å². The van der Waals surface area contributed by atoms with E-state index >= 15 is 0 Å². The zero-order valence-electron chi connectivity index (χ0n) is 14.6. The Hall–Kier alpha value is -3.22. The van der Waals surface area contributed by atoms with Crippen LogP contribution in [0.25, 0.3) is 0 Å². The fraction of sp³-hybridized carbons (Fsp3) is 0.250. The van der Waals surface area contributed by atoms with Gasteiger partial charge in [-0.2, -0.15) is 4.39 Å². The number of carbonyl (C=O) groups excluding carboxylic acids is 3. The number of benzene rings is 2. The summed E-state index contributed by atoms with van der Waals surface area (Å²) in [5.74, 6) is -0.593. The third kappa shape index (κ3) is 7.68. The zero-order chi connectivity index (χ0) is 19.5. The van der Waals surface area contributed by atoms with Gasteiger partial charge in [0, 0.05) is 6.42 Å². The molecule has 27 heavy (non-hydrogen) atoms. The first-order valence-electron chi connectivity index (χ1n) is 8.40. The molecule has 7 heteroatoms. The van der Waals surface area contributed by atoms with Crippen LogP contribution in [0.4, 0.5) is 9.18 Å². The highest BCUT2D eigenvalue weighted by Gasteiger charge is 2.22. The van der Waals surface area contributed by atoms with Crippen LogP contribution in [-0.4, -0.2) is 24.1 Å². The van der Waals surface area contributed by atoms with Crippen molar-refractivity contribution in [1.82, 2.24) is 5.32 Å². The normalized spacial score (nSPS) is 11.3. The molecule has 2 aromatic rings. The SMILES string of the molecule is O=C(CC[C@H](NC(=O)OCc1ccccc1)C(=O)F)OCc1ccccc1. The summed E-state index contributed by atoms with van der Waals surface area (Å²) in [5, 5.41) is 2.12. The molecule has 0 saturated heterocycles. The molecule has 1 atom stereocenters. The fourth-order valence-electron chi connectivity index (χ4n) is 2.22. The van der Waals surface area contributed by atoms with Gasteiger partial charge in [-0.1, -0.05) is 60.7 Å². The van der Waals surface area contributed by atoms with E-state index in [-0.39, 0.29) is 26.1 Å². The van der Waals surface area contributed by atoms with Crippen LogP contribution >= 0.6 is 0 Å². The minimum absolute atomic E-state index is 0.0149. The number of carbonyl (C=O) groups is 3. The zero-order valence-corrected chi connectivity index (χ0v) is 14.6. The van der Waals surface area contributed by atoms with Crippen LogP contribution in [0, 0.1) is 0 Å². The summed E-state index contributed by atoms with van der Waals surface area (Å²) in [6.07, 6.45) is -1.37. The van der Waals surface area contributed by atoms with Crippen molar-refractivity contribution in [2.75, 3.05) is 0 Å². The molecular weight excluding hydrogens is 353 g/mol. The minimum Gasteiger partial charge on any atom is -0.461 e. The number of rotatable bonds is 9. The summed E-state index contributed by atoms with van der Waals surface area (Å²) in [6.45, 7) is 0.0689. The molecule has 0 aliphatic rings. The highest BCUT2D eigenvalue weighted by atomic mass is 19.1. The van der Waals surface area contributed by atoms with Gasteiger partial charge in [0.05, 0.1) is 0 Å². The molecule has 0 heterocycles. The summed E-state index contributed by atoms with van der Waals surface area (Å²) in [6, 6.07) is 14.7. The standard InChI is InChI=1S/C20H20FNO5/c21-19(24)17(22-20(25)27-14-16-9-5-2-6-10-16)11-12-18(23)26-13-15-7-3-1-4-8-15/h1-10,17H,11-14H2,(H,22,25)/t17-/m0/s1. The molecular formula is C20H20FNO5. The van der Waals surface area contributed by atoms with Crippen molar-refractivity contribution in [2.24, 2.45) is 0 Å². The lowest BCUT2D eigenvalue weighted by atomic mass is 10.1. The average Bonchev–Trinajstić information content (AvgIpc) is 2.69. The van der Waals surface area contributed by atoms with Crippen LogP contribution in [0.15, 0.2) is 60.7 Å². The molecule has 2 aromatic carbocycles. The number of halogens is 1. The van der Waals surface area contributed by atoms with Crippen molar-refractivity contribution in [3.8, 4) is 0 Å². The van der Waals surface area contributed by atoms with Crippen LogP contribution in [0.1, 0.15) is 24.0 Å². The summed E-state index contributed by atoms with van der Waals surface area (Å²) in [5.41, 5.74) is 1.56. The van der Waals surface area contributed by atoms with Crippen molar-refractivity contribution >= 4 is 18.1 Å². The van der Waals surface area contributed by atoms with Crippen LogP contribution in [0.5, 0.6) is 0 Å². The number of alkyl carbamates (subject to hydrolysis) is 1. The monoisotopic (exact) mass is 373 g/mol. The van der Waals surface area contributed by atoms with Gasteiger partial charge in [0.2, 0.25) is 0 Å². The number of hydrogen-bond acceptors (Lipinski definition) is 5. The van der Waals surface area contributed by atoms with E-state index in [0.29, 0.717) is 0 Å². The molecule has 0 bridgehead atoms. The Morgan fingerprint density at radius 3 is 1.89 bits per heavy atom. The van der Waals surface area contributed by atoms with E-state index in [4.69, 9.17) is 9.47 Å². The number of nitrogens with one attached hydrogen (secondary N) is 1. The minimum atomic E-state index is -1.75. The van der Waals surface area contributed by atoms with Crippen molar-refractivity contribution in [3.63, 3.8) is 0 Å². The topological polar surface area (TPSA) is 81.7 Å². The van der Waals surface area contributed by atoms with Crippen LogP contribution < -0.4 is 5.32 Å². The molecule has 6 nitrogen and oxygen atoms in total. The van der Waals surface area contributed by atoms with Gasteiger partial charge in [0.1, 0.15) is 19.3 Å². The first-order valence-corrected chi connectivity index (χ1v) is 8.40. The number of ether oxygens (including phenoxy) is 2. The molecule has 0 spiro atoms. The van der Waals surface area contributed by atoms with Crippen molar-refractivity contribution in [2.45, 2.75) is 32.1 Å². The molecule has 0 aliphatic carbocycles. The van der Waals surface area contributed by atoms with Gasteiger partial charge in [-0.3, -0.25) is 9.59 Å². The second-order valence-electron chi connectivity index (χ2n) is 5.75. The second kappa shape index (κ2) is 10.7. The average molecular weight is 373 g/mol. The van der Waals surface area contributed by atoms with Gasteiger partial charge in [-0.15, -0.1) is 0 Å². The van der Waals surface area contributed by atoms with E-state index in [0.717, 1.165) is 11.1 Å². The maximum atomic E-state index is 13.1. The fourth-order valence-corrected chi connectivity index (χ4v) is 2.22. The van der Waals surface area contributed by atoms with Crippen molar-refractivity contribution < 1.29 is 28.2 Å². The Morgan fingerprint density at radius 1 is 0.852 bits per heavy atom. The molecule has 142 valence electrons. The number of hydrogen-bond donors (Lipinski definition) is 1. The van der Waals surface area contributed by atoms with Crippen LogP contribution in [0.2, 0.25) is 0 Å². The lowest BCUT2D eigenvalue weighted by molar-refractivity contribution is -0.145. The van der Waals surface area contributed by atoms with Gasteiger partial charge in [0.25, 0.3) is 0 Å². The largest absolute Gasteiger partial charge is 0.461 e. The summed E-state index contributed by atoms with van der Waals surface area (Å²) in [7, 11) is 0. The third-order valence-corrected chi connectivity index (χ3v) is 3.66. The molecule has 1 amide bonds. The molecule has 0 unspecified atom stereocenters. The molecule has 2 rings (SSSR count). The highest BCUT2D eigenvalue weighted by Crippen LogP contribution is 2.07. The van der Waals surface area contributed by atoms with Gasteiger partial charge in [-0.25, -0.2) is 4.79 Å². The molecule has 0 radical (unpaired) electrons. The molecule has 0 aromatic heterocycles. The summed E-state index contributed by atoms with van der Waals surface area (Å²) in [4.78, 5) is 34.5. The van der Waals surface area contributed by atoms with E-state index in [1.54, 1.807) is 36.4 Å². The maximum absolute atomic E-state index is 13.1. The summed E-state index contributed by atoms with van der Waals surface area (Å²) >= 11 is 0. The van der Waals surface area contributed by atoms with E-state index in [1.165, 1.54) is 0 Å². The Bertz CT molecular complexity index is 751. The van der Waals surface area contributed by atoms with Gasteiger partial charge in [0.15, 0.2) is 0 Å². The smallest absolute Gasteiger partial charge is 0.408 e. The van der Waals surface area contributed by atoms with E-state index in [1.807, 2.05) is 24.3 Å². The Kier molecular flexibility index (Phi) is 7.96. The molecule has 0 saturated carbocycles. The quantitative estimate of drug-likeness (QED) is 0.539. The van der Waals surface area contributed by atoms with Gasteiger partial charge in [-0.05, 0) is 17.5 Å².